The number of amides is 1. The van der Waals surface area contributed by atoms with Gasteiger partial charge >= 0.3 is 6.18 Å². The fourth-order valence-corrected chi connectivity index (χ4v) is 1.52. The summed E-state index contributed by atoms with van der Waals surface area (Å²) in [7, 11) is 0. The third kappa shape index (κ3) is 4.07. The van der Waals surface area contributed by atoms with E-state index in [1.807, 2.05) is 0 Å². The topological polar surface area (TPSA) is 40.5 Å². The molecule has 1 rings (SSSR count). The molecule has 1 aliphatic rings. The molecule has 1 saturated heterocycles. The second kappa shape index (κ2) is 4.00. The highest BCUT2D eigenvalue weighted by Gasteiger charge is 2.36. The average molecular weight is 225 g/mol. The molecule has 0 aromatic heterocycles. The normalized spacial score (nSPS) is 21.5. The van der Waals surface area contributed by atoms with Gasteiger partial charge in [0.15, 0.2) is 0 Å². The number of rotatable bonds is 1. The Balaban J connectivity index is 2.44. The van der Waals surface area contributed by atoms with E-state index in [2.05, 4.69) is 0 Å². The fourth-order valence-electron chi connectivity index (χ4n) is 1.52. The molecule has 0 radical (unpaired) electrons. The van der Waals surface area contributed by atoms with E-state index in [4.69, 9.17) is 0 Å². The molecule has 1 fully saturated rings. The maximum absolute atomic E-state index is 11.9. The van der Waals surface area contributed by atoms with Crippen LogP contribution in [0.2, 0.25) is 0 Å². The van der Waals surface area contributed by atoms with Crippen LogP contribution in [0.4, 0.5) is 13.2 Å². The molecule has 1 N–H and O–H groups in total. The maximum atomic E-state index is 11.9. The molecule has 0 aromatic carbocycles. The Hall–Kier alpha value is -0.780. The quantitative estimate of drug-likeness (QED) is 0.731. The van der Waals surface area contributed by atoms with Crippen LogP contribution >= 0.6 is 0 Å². The first kappa shape index (κ1) is 12.3. The van der Waals surface area contributed by atoms with Gasteiger partial charge < -0.3 is 10.0 Å². The summed E-state index contributed by atoms with van der Waals surface area (Å²) in [4.78, 5) is 12.3. The predicted octanol–water partition coefficient (Wildman–Crippen LogP) is 1.31. The first-order valence-corrected chi connectivity index (χ1v) is 4.76. The number of hydrogen-bond donors (Lipinski definition) is 1. The van der Waals surface area contributed by atoms with Gasteiger partial charge in [0.05, 0.1) is 5.60 Å². The number of carbonyl (C=O) groups excluding carboxylic acids is 1. The van der Waals surface area contributed by atoms with Crippen molar-refractivity contribution in [1.29, 1.82) is 0 Å². The van der Waals surface area contributed by atoms with Crippen molar-refractivity contribution in [3.63, 3.8) is 0 Å². The highest BCUT2D eigenvalue weighted by Crippen LogP contribution is 2.25. The summed E-state index contributed by atoms with van der Waals surface area (Å²) >= 11 is 0. The minimum atomic E-state index is -4.45. The van der Waals surface area contributed by atoms with Crippen LogP contribution in [0.1, 0.15) is 26.2 Å². The van der Waals surface area contributed by atoms with Crippen LogP contribution < -0.4 is 0 Å². The number of hydrogen-bond acceptors (Lipinski definition) is 2. The Labute approximate surface area is 85.9 Å². The molecular formula is C9H14F3NO2. The van der Waals surface area contributed by atoms with Crippen molar-refractivity contribution in [1.82, 2.24) is 4.90 Å². The summed E-state index contributed by atoms with van der Waals surface area (Å²) in [5, 5.41) is 9.55. The summed E-state index contributed by atoms with van der Waals surface area (Å²) in [6.45, 7) is 2.02. The number of alkyl halides is 3. The van der Waals surface area contributed by atoms with Gasteiger partial charge in [0.2, 0.25) is 5.91 Å². The third-order valence-electron chi connectivity index (χ3n) is 2.54. The van der Waals surface area contributed by atoms with E-state index in [0.717, 1.165) is 4.90 Å². The Bertz CT molecular complexity index is 240. The predicted molar refractivity (Wildman–Crippen MR) is 47.1 cm³/mol. The first-order valence-electron chi connectivity index (χ1n) is 4.76. The molecule has 0 bridgehead atoms. The van der Waals surface area contributed by atoms with Crippen molar-refractivity contribution in [2.45, 2.75) is 38.0 Å². The standard InChI is InChI=1S/C9H14F3NO2/c1-8(15)2-4-13(5-3-8)7(14)6-9(10,11)12/h15H,2-6H2,1H3. The van der Waals surface area contributed by atoms with Crippen LogP contribution in [0.15, 0.2) is 0 Å². The van der Waals surface area contributed by atoms with Crippen LogP contribution in [0.5, 0.6) is 0 Å². The highest BCUT2D eigenvalue weighted by atomic mass is 19.4. The average Bonchev–Trinajstić information content (AvgIpc) is 2.00. The molecule has 0 aromatic rings. The molecule has 88 valence electrons. The van der Waals surface area contributed by atoms with E-state index in [1.165, 1.54) is 0 Å². The van der Waals surface area contributed by atoms with Crippen LogP contribution in [-0.4, -0.2) is 40.8 Å². The lowest BCUT2D eigenvalue weighted by molar-refractivity contribution is -0.163. The molecule has 0 saturated carbocycles. The minimum Gasteiger partial charge on any atom is -0.390 e. The molecule has 0 atom stereocenters. The van der Waals surface area contributed by atoms with Gasteiger partial charge in [-0.15, -0.1) is 0 Å². The lowest BCUT2D eigenvalue weighted by Crippen LogP contribution is -2.46. The molecular weight excluding hydrogens is 211 g/mol. The van der Waals surface area contributed by atoms with Crippen LogP contribution in [0, 0.1) is 0 Å². The smallest absolute Gasteiger partial charge is 0.390 e. The molecule has 0 unspecified atom stereocenters. The first-order chi connectivity index (χ1) is 6.70. The van der Waals surface area contributed by atoms with Crippen molar-refractivity contribution < 1.29 is 23.1 Å². The molecule has 6 heteroatoms. The van der Waals surface area contributed by atoms with E-state index >= 15 is 0 Å². The lowest BCUT2D eigenvalue weighted by atomic mass is 9.94. The van der Waals surface area contributed by atoms with Crippen molar-refractivity contribution >= 4 is 5.91 Å². The minimum absolute atomic E-state index is 0.196. The zero-order chi connectivity index (χ0) is 11.7. The van der Waals surface area contributed by atoms with Gasteiger partial charge in [-0.2, -0.15) is 13.2 Å². The van der Waals surface area contributed by atoms with Gasteiger partial charge in [-0.25, -0.2) is 0 Å². The van der Waals surface area contributed by atoms with Gasteiger partial charge in [-0.3, -0.25) is 4.79 Å². The molecule has 0 spiro atoms. The molecule has 1 heterocycles. The third-order valence-corrected chi connectivity index (χ3v) is 2.54. The van der Waals surface area contributed by atoms with E-state index in [-0.39, 0.29) is 13.1 Å². The fraction of sp³-hybridized carbons (Fsp3) is 0.889. The molecule has 3 nitrogen and oxygen atoms in total. The van der Waals surface area contributed by atoms with Gasteiger partial charge in [0.25, 0.3) is 0 Å². The molecule has 1 amide bonds. The summed E-state index contributed by atoms with van der Waals surface area (Å²) < 4.78 is 35.7. The SMILES string of the molecule is CC1(O)CCN(C(=O)CC(F)(F)F)CC1. The maximum Gasteiger partial charge on any atom is 0.397 e. The van der Waals surface area contributed by atoms with Crippen LogP contribution in [0.25, 0.3) is 0 Å². The Kier molecular flexibility index (Phi) is 3.28. The zero-order valence-electron chi connectivity index (χ0n) is 8.47. The van der Waals surface area contributed by atoms with Crippen molar-refractivity contribution in [2.75, 3.05) is 13.1 Å². The highest BCUT2D eigenvalue weighted by molar-refractivity contribution is 5.76. The van der Waals surface area contributed by atoms with Gasteiger partial charge in [-0.1, -0.05) is 0 Å². The largest absolute Gasteiger partial charge is 0.397 e. The number of piperidine rings is 1. The molecule has 1 aliphatic heterocycles. The zero-order valence-corrected chi connectivity index (χ0v) is 8.47. The van der Waals surface area contributed by atoms with Gasteiger partial charge in [0.1, 0.15) is 6.42 Å². The lowest BCUT2D eigenvalue weighted by Gasteiger charge is -2.35. The van der Waals surface area contributed by atoms with Crippen LogP contribution in [0.3, 0.4) is 0 Å². The number of carbonyl (C=O) groups is 1. The summed E-state index contributed by atoms with van der Waals surface area (Å²) in [6.07, 6.45) is -5.20. The Morgan fingerprint density at radius 1 is 1.40 bits per heavy atom. The summed E-state index contributed by atoms with van der Waals surface area (Å²) in [5.41, 5.74) is -0.852. The summed E-state index contributed by atoms with van der Waals surface area (Å²) in [6, 6.07) is 0. The Morgan fingerprint density at radius 3 is 2.27 bits per heavy atom. The number of nitrogens with zero attached hydrogens (tertiary/aromatic N) is 1. The second-order valence-electron chi connectivity index (χ2n) is 4.17. The van der Waals surface area contributed by atoms with Crippen molar-refractivity contribution in [2.24, 2.45) is 0 Å². The monoisotopic (exact) mass is 225 g/mol. The van der Waals surface area contributed by atoms with Crippen molar-refractivity contribution in [3.05, 3.63) is 0 Å². The van der Waals surface area contributed by atoms with E-state index in [0.29, 0.717) is 12.8 Å². The van der Waals surface area contributed by atoms with Gasteiger partial charge in [-0.05, 0) is 19.8 Å². The molecule has 0 aliphatic carbocycles. The summed E-state index contributed by atoms with van der Waals surface area (Å²) in [5.74, 6) is -0.905. The van der Waals surface area contributed by atoms with E-state index in [9.17, 15) is 23.1 Å². The number of aliphatic hydroxyl groups is 1. The van der Waals surface area contributed by atoms with Crippen molar-refractivity contribution in [3.8, 4) is 0 Å². The van der Waals surface area contributed by atoms with Crippen LogP contribution in [-0.2, 0) is 4.79 Å². The van der Waals surface area contributed by atoms with E-state index < -0.39 is 24.1 Å². The van der Waals surface area contributed by atoms with Gasteiger partial charge in [0, 0.05) is 13.1 Å². The van der Waals surface area contributed by atoms with E-state index in [1.54, 1.807) is 6.92 Å². The second-order valence-corrected chi connectivity index (χ2v) is 4.17. The number of halogens is 3. The number of likely N-dealkylation sites (tertiary alicyclic amines) is 1. The molecule has 15 heavy (non-hydrogen) atoms. The Morgan fingerprint density at radius 2 is 1.87 bits per heavy atom.